The Kier molecular flexibility index (Phi) is 2.17. The monoisotopic (exact) mass is 196 g/mol. The summed E-state index contributed by atoms with van der Waals surface area (Å²) in [7, 11) is 0. The van der Waals surface area contributed by atoms with Gasteiger partial charge in [0.1, 0.15) is 5.82 Å². The number of hydrogen-bond acceptors (Lipinski definition) is 3. The van der Waals surface area contributed by atoms with E-state index in [1.807, 2.05) is 0 Å². The van der Waals surface area contributed by atoms with Crippen LogP contribution in [0.15, 0.2) is 18.2 Å². The van der Waals surface area contributed by atoms with E-state index in [0.29, 0.717) is 13.1 Å². The third kappa shape index (κ3) is 1.35. The van der Waals surface area contributed by atoms with E-state index in [9.17, 15) is 14.5 Å². The molecule has 1 fully saturated rings. The second-order valence-electron chi connectivity index (χ2n) is 3.28. The molecule has 14 heavy (non-hydrogen) atoms. The Labute approximate surface area is 79.9 Å². The van der Waals surface area contributed by atoms with Crippen molar-refractivity contribution in [3.05, 3.63) is 39.7 Å². The van der Waals surface area contributed by atoms with Crippen LogP contribution in [0.25, 0.3) is 0 Å². The van der Waals surface area contributed by atoms with Crippen molar-refractivity contribution in [2.24, 2.45) is 0 Å². The first-order chi connectivity index (χ1) is 6.70. The summed E-state index contributed by atoms with van der Waals surface area (Å²) in [4.78, 5) is 10.1. The van der Waals surface area contributed by atoms with Crippen LogP contribution in [0.3, 0.4) is 0 Å². The van der Waals surface area contributed by atoms with Gasteiger partial charge in [0.2, 0.25) is 0 Å². The zero-order chi connectivity index (χ0) is 10.1. The van der Waals surface area contributed by atoms with Crippen LogP contribution in [0.1, 0.15) is 11.5 Å². The molecule has 0 radical (unpaired) electrons. The van der Waals surface area contributed by atoms with Gasteiger partial charge in [-0.1, -0.05) is 6.07 Å². The van der Waals surface area contributed by atoms with Crippen molar-refractivity contribution in [3.8, 4) is 0 Å². The average Bonchev–Trinajstić information content (AvgIpc) is 2.04. The van der Waals surface area contributed by atoms with Gasteiger partial charge in [-0.25, -0.2) is 4.39 Å². The van der Waals surface area contributed by atoms with E-state index < -0.39 is 10.7 Å². The van der Waals surface area contributed by atoms with Gasteiger partial charge in [0.05, 0.1) is 10.5 Å². The van der Waals surface area contributed by atoms with Crippen LogP contribution in [0.4, 0.5) is 10.1 Å². The van der Waals surface area contributed by atoms with Crippen LogP contribution in [0.5, 0.6) is 0 Å². The first kappa shape index (κ1) is 9.08. The molecule has 0 aromatic heterocycles. The maximum atomic E-state index is 13.3. The highest BCUT2D eigenvalue weighted by atomic mass is 19.1. The van der Waals surface area contributed by atoms with E-state index in [1.165, 1.54) is 18.2 Å². The summed E-state index contributed by atoms with van der Waals surface area (Å²) in [6.45, 7) is 1.23. The SMILES string of the molecule is O=[N+]([O-])c1cccc(F)c1C1CNC1. The van der Waals surface area contributed by atoms with Crippen molar-refractivity contribution >= 4 is 5.69 Å². The number of hydrogen-bond donors (Lipinski definition) is 1. The second-order valence-corrected chi connectivity index (χ2v) is 3.28. The first-order valence-corrected chi connectivity index (χ1v) is 4.33. The maximum Gasteiger partial charge on any atom is 0.275 e. The van der Waals surface area contributed by atoms with Crippen LogP contribution in [-0.2, 0) is 0 Å². The van der Waals surface area contributed by atoms with Crippen molar-refractivity contribution < 1.29 is 9.31 Å². The normalized spacial score (nSPS) is 16.4. The van der Waals surface area contributed by atoms with Gasteiger partial charge in [0, 0.05) is 25.1 Å². The largest absolute Gasteiger partial charge is 0.315 e. The standard InChI is InChI=1S/C9H9FN2O2/c10-7-2-1-3-8(12(13)14)9(7)6-4-11-5-6/h1-3,6,11H,4-5H2. The fourth-order valence-electron chi connectivity index (χ4n) is 1.58. The topological polar surface area (TPSA) is 55.2 Å². The first-order valence-electron chi connectivity index (χ1n) is 4.33. The van der Waals surface area contributed by atoms with Crippen LogP contribution in [0.2, 0.25) is 0 Å². The Morgan fingerprint density at radius 3 is 2.71 bits per heavy atom. The van der Waals surface area contributed by atoms with Gasteiger partial charge in [0.25, 0.3) is 5.69 Å². The van der Waals surface area contributed by atoms with Gasteiger partial charge in [-0.2, -0.15) is 0 Å². The quantitative estimate of drug-likeness (QED) is 0.575. The van der Waals surface area contributed by atoms with Gasteiger partial charge in [-0.05, 0) is 6.07 Å². The molecule has 0 bridgehead atoms. The van der Waals surface area contributed by atoms with Crippen molar-refractivity contribution in [1.82, 2.24) is 5.32 Å². The van der Waals surface area contributed by atoms with E-state index in [1.54, 1.807) is 0 Å². The molecule has 0 spiro atoms. The number of nitrogens with one attached hydrogen (secondary N) is 1. The molecule has 0 amide bonds. The molecule has 1 aliphatic heterocycles. The molecule has 4 nitrogen and oxygen atoms in total. The lowest BCUT2D eigenvalue weighted by Crippen LogP contribution is -2.40. The van der Waals surface area contributed by atoms with Crippen LogP contribution >= 0.6 is 0 Å². The number of halogens is 1. The van der Waals surface area contributed by atoms with Crippen molar-refractivity contribution in [1.29, 1.82) is 0 Å². The van der Waals surface area contributed by atoms with Gasteiger partial charge in [0.15, 0.2) is 0 Å². The maximum absolute atomic E-state index is 13.3. The van der Waals surface area contributed by atoms with Gasteiger partial charge < -0.3 is 5.32 Å². The smallest absolute Gasteiger partial charge is 0.275 e. The van der Waals surface area contributed by atoms with Crippen LogP contribution in [0, 0.1) is 15.9 Å². The molecule has 1 aliphatic rings. The van der Waals surface area contributed by atoms with Crippen LogP contribution in [-0.4, -0.2) is 18.0 Å². The molecule has 2 rings (SSSR count). The van der Waals surface area contributed by atoms with Gasteiger partial charge >= 0.3 is 0 Å². The minimum Gasteiger partial charge on any atom is -0.315 e. The fourth-order valence-corrected chi connectivity index (χ4v) is 1.58. The zero-order valence-electron chi connectivity index (χ0n) is 7.37. The molecule has 1 heterocycles. The predicted molar refractivity (Wildman–Crippen MR) is 48.7 cm³/mol. The summed E-state index contributed by atoms with van der Waals surface area (Å²) in [5.41, 5.74) is 0.118. The highest BCUT2D eigenvalue weighted by molar-refractivity contribution is 5.44. The van der Waals surface area contributed by atoms with Gasteiger partial charge in [-0.3, -0.25) is 10.1 Å². The number of benzene rings is 1. The highest BCUT2D eigenvalue weighted by Crippen LogP contribution is 2.31. The fraction of sp³-hybridized carbons (Fsp3) is 0.333. The molecule has 0 aliphatic carbocycles. The lowest BCUT2D eigenvalue weighted by molar-refractivity contribution is -0.386. The molecule has 1 saturated heterocycles. The van der Waals surface area contributed by atoms with Crippen molar-refractivity contribution in [2.75, 3.05) is 13.1 Å². The Morgan fingerprint density at radius 1 is 1.50 bits per heavy atom. The minimum atomic E-state index is -0.531. The highest BCUT2D eigenvalue weighted by Gasteiger charge is 2.29. The minimum absolute atomic E-state index is 0.0587. The van der Waals surface area contributed by atoms with E-state index in [0.717, 1.165) is 0 Å². The molecule has 1 aromatic rings. The average molecular weight is 196 g/mol. The summed E-state index contributed by atoms with van der Waals surface area (Å²) in [6.07, 6.45) is 0. The van der Waals surface area contributed by atoms with Crippen molar-refractivity contribution in [2.45, 2.75) is 5.92 Å². The Hall–Kier alpha value is -1.49. The Balaban J connectivity index is 2.47. The number of nitro benzene ring substituents is 1. The summed E-state index contributed by atoms with van der Waals surface area (Å²) in [6, 6.07) is 3.97. The Bertz CT molecular complexity index is 377. The predicted octanol–water partition coefficient (Wildman–Crippen LogP) is 1.42. The molecular formula is C9H9FN2O2. The summed E-state index contributed by atoms with van der Waals surface area (Å²) < 4.78 is 13.3. The Morgan fingerprint density at radius 2 is 2.21 bits per heavy atom. The summed E-state index contributed by atoms with van der Waals surface area (Å²) >= 11 is 0. The summed E-state index contributed by atoms with van der Waals surface area (Å²) in [5, 5.41) is 13.6. The molecule has 1 N–H and O–H groups in total. The van der Waals surface area contributed by atoms with E-state index >= 15 is 0 Å². The molecule has 0 saturated carbocycles. The summed E-state index contributed by atoms with van der Waals surface area (Å²) in [5.74, 6) is -0.540. The molecular weight excluding hydrogens is 187 g/mol. The van der Waals surface area contributed by atoms with Gasteiger partial charge in [-0.15, -0.1) is 0 Å². The van der Waals surface area contributed by atoms with E-state index in [2.05, 4.69) is 5.32 Å². The molecule has 74 valence electrons. The third-order valence-corrected chi connectivity index (χ3v) is 2.42. The third-order valence-electron chi connectivity index (χ3n) is 2.42. The molecule has 0 atom stereocenters. The lowest BCUT2D eigenvalue weighted by Gasteiger charge is -2.27. The van der Waals surface area contributed by atoms with Crippen molar-refractivity contribution in [3.63, 3.8) is 0 Å². The second kappa shape index (κ2) is 3.34. The van der Waals surface area contributed by atoms with Crippen LogP contribution < -0.4 is 5.32 Å². The number of nitrogens with zero attached hydrogens (tertiary/aromatic N) is 1. The number of nitro groups is 1. The van der Waals surface area contributed by atoms with E-state index in [4.69, 9.17) is 0 Å². The number of rotatable bonds is 2. The zero-order valence-corrected chi connectivity index (χ0v) is 7.37. The molecule has 1 aromatic carbocycles. The molecule has 0 unspecified atom stereocenters. The van der Waals surface area contributed by atoms with E-state index in [-0.39, 0.29) is 17.2 Å². The lowest BCUT2D eigenvalue weighted by atomic mass is 9.92. The molecule has 5 heteroatoms.